The summed E-state index contributed by atoms with van der Waals surface area (Å²) in [5.74, 6) is 7.74. The molecular formula is C14H20N6O. The van der Waals surface area contributed by atoms with Crippen LogP contribution in [0.25, 0.3) is 0 Å². The number of ether oxygens (including phenoxy) is 1. The van der Waals surface area contributed by atoms with Crippen molar-refractivity contribution in [2.24, 2.45) is 5.84 Å². The van der Waals surface area contributed by atoms with Gasteiger partial charge in [-0.1, -0.05) is 13.8 Å². The van der Waals surface area contributed by atoms with Gasteiger partial charge in [0, 0.05) is 24.4 Å². The van der Waals surface area contributed by atoms with Gasteiger partial charge in [-0.2, -0.15) is 0 Å². The largest absolute Gasteiger partial charge is 0.481 e. The molecule has 0 saturated carbocycles. The quantitative estimate of drug-likeness (QED) is 0.551. The lowest BCUT2D eigenvalue weighted by Crippen LogP contribution is -2.15. The lowest BCUT2D eigenvalue weighted by molar-refractivity contribution is 0.397. The highest BCUT2D eigenvalue weighted by Crippen LogP contribution is 2.28. The number of hydrogen-bond acceptors (Lipinski definition) is 7. The van der Waals surface area contributed by atoms with Gasteiger partial charge in [-0.05, 0) is 17.5 Å². The second kappa shape index (κ2) is 6.85. The van der Waals surface area contributed by atoms with E-state index in [2.05, 4.69) is 39.5 Å². The number of aromatic nitrogens is 3. The molecule has 0 fully saturated rings. The molecule has 0 spiro atoms. The van der Waals surface area contributed by atoms with E-state index in [9.17, 15) is 0 Å². The summed E-state index contributed by atoms with van der Waals surface area (Å²) in [7, 11) is 1.60. The van der Waals surface area contributed by atoms with Crippen LogP contribution in [0.15, 0.2) is 24.7 Å². The Morgan fingerprint density at radius 2 is 2.00 bits per heavy atom. The van der Waals surface area contributed by atoms with E-state index < -0.39 is 0 Å². The third-order valence-corrected chi connectivity index (χ3v) is 3.07. The number of hydrogen-bond donors (Lipinski definition) is 3. The standard InChI is InChI=1S/C14H20N6O/c1-9(2)12-13(18-8-19-14(12)20-15)17-7-10-4-5-16-11(6-10)21-3/h4-6,8-9H,7,15H2,1-3H3,(H2,17,18,19,20). The van der Waals surface area contributed by atoms with Gasteiger partial charge in [-0.25, -0.2) is 20.8 Å². The molecule has 2 aromatic heterocycles. The molecule has 0 aliphatic carbocycles. The third kappa shape index (κ3) is 3.57. The molecule has 0 radical (unpaired) electrons. The van der Waals surface area contributed by atoms with Crippen molar-refractivity contribution in [2.45, 2.75) is 26.3 Å². The van der Waals surface area contributed by atoms with Crippen molar-refractivity contribution in [1.82, 2.24) is 15.0 Å². The van der Waals surface area contributed by atoms with Crippen molar-refractivity contribution in [3.05, 3.63) is 35.8 Å². The Morgan fingerprint density at radius 3 is 2.67 bits per heavy atom. The molecule has 112 valence electrons. The van der Waals surface area contributed by atoms with Crippen LogP contribution in [0, 0.1) is 0 Å². The maximum Gasteiger partial charge on any atom is 0.213 e. The number of nitrogen functional groups attached to an aromatic ring is 1. The molecule has 2 rings (SSSR count). The lowest BCUT2D eigenvalue weighted by atomic mass is 10.0. The number of methoxy groups -OCH3 is 1. The minimum Gasteiger partial charge on any atom is -0.481 e. The third-order valence-electron chi connectivity index (χ3n) is 3.07. The summed E-state index contributed by atoms with van der Waals surface area (Å²) in [6, 6.07) is 3.80. The highest BCUT2D eigenvalue weighted by atomic mass is 16.5. The van der Waals surface area contributed by atoms with Crippen LogP contribution in [0.2, 0.25) is 0 Å². The summed E-state index contributed by atoms with van der Waals surface area (Å²) in [6.07, 6.45) is 3.20. The van der Waals surface area contributed by atoms with E-state index in [1.807, 2.05) is 12.1 Å². The van der Waals surface area contributed by atoms with Gasteiger partial charge in [0.05, 0.1) is 7.11 Å². The molecule has 0 aliphatic rings. The van der Waals surface area contributed by atoms with Crippen LogP contribution < -0.4 is 21.3 Å². The van der Waals surface area contributed by atoms with Crippen molar-refractivity contribution in [3.8, 4) is 5.88 Å². The molecule has 0 aromatic carbocycles. The van der Waals surface area contributed by atoms with Crippen LogP contribution in [-0.4, -0.2) is 22.1 Å². The molecule has 0 saturated heterocycles. The van der Waals surface area contributed by atoms with Gasteiger partial charge >= 0.3 is 0 Å². The van der Waals surface area contributed by atoms with Gasteiger partial charge in [0.2, 0.25) is 5.88 Å². The summed E-state index contributed by atoms with van der Waals surface area (Å²) < 4.78 is 5.11. The molecule has 0 unspecified atom stereocenters. The van der Waals surface area contributed by atoms with E-state index in [0.29, 0.717) is 18.2 Å². The highest BCUT2D eigenvalue weighted by molar-refractivity contribution is 5.58. The van der Waals surface area contributed by atoms with Crippen LogP contribution in [0.1, 0.15) is 30.9 Å². The number of nitrogens with zero attached hydrogens (tertiary/aromatic N) is 3. The SMILES string of the molecule is COc1cc(CNc2ncnc(NN)c2C(C)C)ccn1. The first kappa shape index (κ1) is 15.0. The van der Waals surface area contributed by atoms with Crippen molar-refractivity contribution in [1.29, 1.82) is 0 Å². The predicted octanol–water partition coefficient (Wildman–Crippen LogP) is 1.90. The molecule has 4 N–H and O–H groups in total. The summed E-state index contributed by atoms with van der Waals surface area (Å²) in [5, 5.41) is 3.31. The van der Waals surface area contributed by atoms with Crippen molar-refractivity contribution in [2.75, 3.05) is 17.9 Å². The summed E-state index contributed by atoms with van der Waals surface area (Å²) in [6.45, 7) is 4.75. The fraction of sp³-hybridized carbons (Fsp3) is 0.357. The molecule has 2 heterocycles. The number of hydrazine groups is 1. The first-order valence-electron chi connectivity index (χ1n) is 6.70. The summed E-state index contributed by atoms with van der Waals surface area (Å²) in [5.41, 5.74) is 4.63. The van der Waals surface area contributed by atoms with Crippen LogP contribution in [0.4, 0.5) is 11.6 Å². The maximum absolute atomic E-state index is 5.51. The Bertz CT molecular complexity index is 602. The Labute approximate surface area is 123 Å². The molecule has 7 heteroatoms. The number of nitrogens with one attached hydrogen (secondary N) is 2. The van der Waals surface area contributed by atoms with Crippen LogP contribution in [0.5, 0.6) is 5.88 Å². The average molecular weight is 288 g/mol. The van der Waals surface area contributed by atoms with Gasteiger partial charge in [0.1, 0.15) is 18.0 Å². The number of anilines is 2. The average Bonchev–Trinajstić information content (AvgIpc) is 2.52. The number of pyridine rings is 1. The first-order chi connectivity index (χ1) is 10.2. The van der Waals surface area contributed by atoms with Gasteiger partial charge in [0.15, 0.2) is 0 Å². The molecule has 21 heavy (non-hydrogen) atoms. The molecule has 2 aromatic rings. The molecule has 7 nitrogen and oxygen atoms in total. The summed E-state index contributed by atoms with van der Waals surface area (Å²) in [4.78, 5) is 12.5. The topological polar surface area (TPSA) is 98.0 Å². The van der Waals surface area contributed by atoms with Crippen LogP contribution >= 0.6 is 0 Å². The summed E-state index contributed by atoms with van der Waals surface area (Å²) >= 11 is 0. The number of nitrogens with two attached hydrogens (primary N) is 1. The van der Waals surface area contributed by atoms with Crippen LogP contribution in [-0.2, 0) is 6.54 Å². The Hall–Kier alpha value is -2.41. The van der Waals surface area contributed by atoms with E-state index in [1.54, 1.807) is 13.3 Å². The second-order valence-corrected chi connectivity index (χ2v) is 4.84. The monoisotopic (exact) mass is 288 g/mol. The molecule has 0 bridgehead atoms. The molecule has 0 aliphatic heterocycles. The van der Waals surface area contributed by atoms with E-state index in [4.69, 9.17) is 10.6 Å². The van der Waals surface area contributed by atoms with E-state index in [1.165, 1.54) is 6.33 Å². The minimum absolute atomic E-state index is 0.242. The van der Waals surface area contributed by atoms with E-state index in [0.717, 1.165) is 16.9 Å². The zero-order valence-corrected chi connectivity index (χ0v) is 12.4. The van der Waals surface area contributed by atoms with Gasteiger partial charge in [-0.15, -0.1) is 0 Å². The van der Waals surface area contributed by atoms with Gasteiger partial charge in [0.25, 0.3) is 0 Å². The predicted molar refractivity (Wildman–Crippen MR) is 82.0 cm³/mol. The van der Waals surface area contributed by atoms with Crippen molar-refractivity contribution in [3.63, 3.8) is 0 Å². The zero-order valence-electron chi connectivity index (χ0n) is 12.4. The normalized spacial score (nSPS) is 10.5. The van der Waals surface area contributed by atoms with Crippen LogP contribution in [0.3, 0.4) is 0 Å². The lowest BCUT2D eigenvalue weighted by Gasteiger charge is -2.16. The Kier molecular flexibility index (Phi) is 4.89. The molecule has 0 amide bonds. The molecule has 0 atom stereocenters. The van der Waals surface area contributed by atoms with Crippen molar-refractivity contribution < 1.29 is 4.74 Å². The second-order valence-electron chi connectivity index (χ2n) is 4.84. The fourth-order valence-electron chi connectivity index (χ4n) is 2.06. The minimum atomic E-state index is 0.242. The van der Waals surface area contributed by atoms with Gasteiger partial charge < -0.3 is 15.5 Å². The first-order valence-corrected chi connectivity index (χ1v) is 6.70. The highest BCUT2D eigenvalue weighted by Gasteiger charge is 2.14. The fourth-order valence-corrected chi connectivity index (χ4v) is 2.06. The van der Waals surface area contributed by atoms with E-state index >= 15 is 0 Å². The van der Waals surface area contributed by atoms with Gasteiger partial charge in [-0.3, -0.25) is 0 Å². The Balaban J connectivity index is 2.19. The van der Waals surface area contributed by atoms with E-state index in [-0.39, 0.29) is 5.92 Å². The maximum atomic E-state index is 5.51. The molecular weight excluding hydrogens is 268 g/mol. The van der Waals surface area contributed by atoms with Crippen molar-refractivity contribution >= 4 is 11.6 Å². The number of rotatable bonds is 6. The smallest absolute Gasteiger partial charge is 0.213 e. The Morgan fingerprint density at radius 1 is 1.24 bits per heavy atom. The zero-order chi connectivity index (χ0) is 15.2.